The molecule has 0 heterocycles. The van der Waals surface area contributed by atoms with Gasteiger partial charge in [0.15, 0.2) is 0 Å². The van der Waals surface area contributed by atoms with Gasteiger partial charge in [0.25, 0.3) is 0 Å². The van der Waals surface area contributed by atoms with E-state index < -0.39 is 0 Å². The van der Waals surface area contributed by atoms with Crippen LogP contribution in [0.25, 0.3) is 0 Å². The van der Waals surface area contributed by atoms with Crippen molar-refractivity contribution in [3.05, 3.63) is 42.5 Å². The van der Waals surface area contributed by atoms with Gasteiger partial charge in [-0.1, -0.05) is 18.2 Å². The summed E-state index contributed by atoms with van der Waals surface area (Å²) in [7, 11) is 1.99. The molecule has 1 N–H and O–H groups in total. The average molecular weight is 235 g/mol. The number of allylic oxidation sites excluding steroid dienone is 1. The molecule has 16 heavy (non-hydrogen) atoms. The van der Waals surface area contributed by atoms with Gasteiger partial charge in [-0.2, -0.15) is 0 Å². The number of hydrogen-bond acceptors (Lipinski definition) is 2. The van der Waals surface area contributed by atoms with Gasteiger partial charge in [-0.25, -0.2) is 0 Å². The molecule has 0 aliphatic rings. The van der Waals surface area contributed by atoms with E-state index in [1.54, 1.807) is 0 Å². The van der Waals surface area contributed by atoms with Crippen molar-refractivity contribution in [2.75, 3.05) is 12.8 Å². The molecule has 2 heteroatoms. The number of benzene rings is 1. The predicted molar refractivity (Wildman–Crippen MR) is 74.1 cm³/mol. The minimum absolute atomic E-state index is 0.425. The average Bonchev–Trinajstić information content (AvgIpc) is 2.34. The second kappa shape index (κ2) is 7.53. The van der Waals surface area contributed by atoms with E-state index in [0.717, 1.165) is 6.42 Å². The third kappa shape index (κ3) is 4.42. The maximum Gasteiger partial charge on any atom is 0.0289 e. The van der Waals surface area contributed by atoms with Gasteiger partial charge in [-0.3, -0.25) is 0 Å². The quantitative estimate of drug-likeness (QED) is 0.435. The van der Waals surface area contributed by atoms with Gasteiger partial charge in [0.2, 0.25) is 0 Å². The van der Waals surface area contributed by atoms with Crippen LogP contribution in [0.3, 0.4) is 0 Å². The maximum absolute atomic E-state index is 3.74. The van der Waals surface area contributed by atoms with Gasteiger partial charge in [0.1, 0.15) is 0 Å². The number of hydrogen-bond donors (Lipinski definition) is 1. The summed E-state index contributed by atoms with van der Waals surface area (Å²) in [5.74, 6) is 1.17. The molecule has 1 nitrogen and oxygen atoms in total. The topological polar surface area (TPSA) is 12.0 Å². The summed E-state index contributed by atoms with van der Waals surface area (Å²) in [5, 5.41) is 3.26. The molecule has 1 unspecified atom stereocenters. The molecule has 0 aromatic heterocycles. The molecule has 0 fully saturated rings. The highest BCUT2D eigenvalue weighted by atomic mass is 32.2. The molecule has 0 aliphatic carbocycles. The Balaban J connectivity index is 2.50. The number of nitrogens with one attached hydrogen (secondary N) is 1. The standard InChI is InChI=1S/C14H21NS/c1-4-5-6-10-16-14-9-7-8-13(11-14)12(2)15-3/h4,7-9,11-12,15H,1,5-6,10H2,2-3H3. The van der Waals surface area contributed by atoms with Crippen molar-refractivity contribution < 1.29 is 0 Å². The highest BCUT2D eigenvalue weighted by Gasteiger charge is 2.02. The summed E-state index contributed by atoms with van der Waals surface area (Å²) in [6.45, 7) is 5.92. The molecular formula is C14H21NS. The highest BCUT2D eigenvalue weighted by molar-refractivity contribution is 7.99. The first-order valence-electron chi connectivity index (χ1n) is 5.79. The van der Waals surface area contributed by atoms with Crippen LogP contribution < -0.4 is 5.32 Å². The number of thioether (sulfide) groups is 1. The van der Waals surface area contributed by atoms with Gasteiger partial charge in [-0.05, 0) is 50.3 Å². The van der Waals surface area contributed by atoms with Crippen molar-refractivity contribution in [2.24, 2.45) is 0 Å². The monoisotopic (exact) mass is 235 g/mol. The maximum atomic E-state index is 3.74. The third-order valence-corrected chi connectivity index (χ3v) is 3.69. The van der Waals surface area contributed by atoms with Crippen LogP contribution in [-0.2, 0) is 0 Å². The van der Waals surface area contributed by atoms with Crippen LogP contribution in [0.1, 0.15) is 31.4 Å². The van der Waals surface area contributed by atoms with Crippen LogP contribution in [-0.4, -0.2) is 12.8 Å². The first kappa shape index (κ1) is 13.3. The molecule has 0 aliphatic heterocycles. The van der Waals surface area contributed by atoms with Crippen LogP contribution in [0.15, 0.2) is 41.8 Å². The summed E-state index contributed by atoms with van der Waals surface area (Å²) in [6, 6.07) is 9.20. The second-order valence-electron chi connectivity index (χ2n) is 3.86. The lowest BCUT2D eigenvalue weighted by Gasteiger charge is -2.11. The minimum Gasteiger partial charge on any atom is -0.313 e. The van der Waals surface area contributed by atoms with Crippen molar-refractivity contribution in [2.45, 2.75) is 30.7 Å². The normalized spacial score (nSPS) is 12.4. The van der Waals surface area contributed by atoms with E-state index in [0.29, 0.717) is 6.04 Å². The molecular weight excluding hydrogens is 214 g/mol. The van der Waals surface area contributed by atoms with Gasteiger partial charge in [0, 0.05) is 10.9 Å². The fraction of sp³-hybridized carbons (Fsp3) is 0.429. The van der Waals surface area contributed by atoms with Crippen molar-refractivity contribution in [3.63, 3.8) is 0 Å². The molecule has 0 amide bonds. The van der Waals surface area contributed by atoms with Crippen LogP contribution in [0.4, 0.5) is 0 Å². The minimum atomic E-state index is 0.425. The fourth-order valence-corrected chi connectivity index (χ4v) is 2.40. The lowest BCUT2D eigenvalue weighted by Crippen LogP contribution is -2.11. The Labute approximate surface area is 103 Å². The van der Waals surface area contributed by atoms with E-state index >= 15 is 0 Å². The van der Waals surface area contributed by atoms with Crippen molar-refractivity contribution in [1.29, 1.82) is 0 Å². The van der Waals surface area contributed by atoms with E-state index in [9.17, 15) is 0 Å². The Kier molecular flexibility index (Phi) is 6.27. The largest absolute Gasteiger partial charge is 0.313 e. The summed E-state index contributed by atoms with van der Waals surface area (Å²) in [4.78, 5) is 1.36. The summed E-state index contributed by atoms with van der Waals surface area (Å²) in [5.41, 5.74) is 1.36. The highest BCUT2D eigenvalue weighted by Crippen LogP contribution is 2.23. The van der Waals surface area contributed by atoms with E-state index in [1.165, 1.54) is 22.6 Å². The Morgan fingerprint density at radius 3 is 3.00 bits per heavy atom. The second-order valence-corrected chi connectivity index (χ2v) is 5.03. The van der Waals surface area contributed by atoms with Crippen molar-refractivity contribution in [3.8, 4) is 0 Å². The molecule has 0 saturated carbocycles. The summed E-state index contributed by atoms with van der Waals surface area (Å²) < 4.78 is 0. The Morgan fingerprint density at radius 1 is 1.50 bits per heavy atom. The number of rotatable bonds is 7. The molecule has 1 atom stereocenters. The molecule has 88 valence electrons. The Bertz CT molecular complexity index is 322. The molecule has 1 rings (SSSR count). The van der Waals surface area contributed by atoms with Gasteiger partial charge in [0.05, 0.1) is 0 Å². The molecule has 1 aromatic carbocycles. The predicted octanol–water partition coefficient (Wildman–Crippen LogP) is 4.03. The van der Waals surface area contributed by atoms with Gasteiger partial charge in [-0.15, -0.1) is 18.3 Å². The van der Waals surface area contributed by atoms with Crippen molar-refractivity contribution >= 4 is 11.8 Å². The van der Waals surface area contributed by atoms with Crippen molar-refractivity contribution in [1.82, 2.24) is 5.32 Å². The zero-order chi connectivity index (χ0) is 11.8. The Hall–Kier alpha value is -0.730. The fourth-order valence-electron chi connectivity index (χ4n) is 1.46. The first-order chi connectivity index (χ1) is 7.77. The molecule has 0 spiro atoms. The van der Waals surface area contributed by atoms with Crippen LogP contribution in [0.2, 0.25) is 0 Å². The summed E-state index contributed by atoms with van der Waals surface area (Å²) in [6.07, 6.45) is 4.31. The van der Waals surface area contributed by atoms with Gasteiger partial charge >= 0.3 is 0 Å². The zero-order valence-electron chi connectivity index (χ0n) is 10.2. The molecule has 0 radical (unpaired) electrons. The van der Waals surface area contributed by atoms with Gasteiger partial charge < -0.3 is 5.32 Å². The SMILES string of the molecule is C=CCCCSc1cccc(C(C)NC)c1. The smallest absolute Gasteiger partial charge is 0.0289 e. The van der Waals surface area contributed by atoms with E-state index in [4.69, 9.17) is 0 Å². The lowest BCUT2D eigenvalue weighted by molar-refractivity contribution is 0.651. The van der Waals surface area contributed by atoms with E-state index in [1.807, 2.05) is 24.9 Å². The third-order valence-electron chi connectivity index (χ3n) is 2.61. The van der Waals surface area contributed by atoms with E-state index in [-0.39, 0.29) is 0 Å². The zero-order valence-corrected chi connectivity index (χ0v) is 11.0. The number of unbranched alkanes of at least 4 members (excludes halogenated alkanes) is 1. The molecule has 0 bridgehead atoms. The Morgan fingerprint density at radius 2 is 2.31 bits per heavy atom. The van der Waals surface area contributed by atoms with Crippen LogP contribution >= 0.6 is 11.8 Å². The van der Waals surface area contributed by atoms with Crippen LogP contribution in [0.5, 0.6) is 0 Å². The van der Waals surface area contributed by atoms with E-state index in [2.05, 4.69) is 43.1 Å². The summed E-state index contributed by atoms with van der Waals surface area (Å²) >= 11 is 1.93. The molecule has 1 aromatic rings. The lowest BCUT2D eigenvalue weighted by atomic mass is 10.1. The van der Waals surface area contributed by atoms with Crippen LogP contribution in [0, 0.1) is 0 Å². The molecule has 0 saturated heterocycles. The first-order valence-corrected chi connectivity index (χ1v) is 6.77.